The third kappa shape index (κ3) is 13.5. The minimum Gasteiger partial charge on any atom is -0.467 e. The number of nitrogens with two attached hydrogens (primary N) is 1. The molecule has 2 rings (SSSR count). The summed E-state index contributed by atoms with van der Waals surface area (Å²) in [7, 11) is 2.75. The fourth-order valence-electron chi connectivity index (χ4n) is 5.66. The summed E-state index contributed by atoms with van der Waals surface area (Å²) in [6.07, 6.45) is -1.00. The van der Waals surface area contributed by atoms with Gasteiger partial charge in [0.1, 0.15) is 18.2 Å². The van der Waals surface area contributed by atoms with Crippen LogP contribution in [0.4, 0.5) is 20.1 Å². The summed E-state index contributed by atoms with van der Waals surface area (Å²) in [5.74, 6) is -2.42. The number of likely N-dealkylation sites (N-methyl/N-ethyl adjacent to an activating group) is 1. The van der Waals surface area contributed by atoms with Crippen molar-refractivity contribution in [1.29, 1.82) is 0 Å². The molecule has 0 fully saturated rings. The molecule has 0 aliphatic carbocycles. The molecule has 14 nitrogen and oxygen atoms in total. The number of methoxy groups -OCH3 is 1. The number of urea groups is 1. The molecule has 0 saturated heterocycles. The van der Waals surface area contributed by atoms with Gasteiger partial charge in [0.2, 0.25) is 5.91 Å². The largest absolute Gasteiger partial charge is 0.467 e. The third-order valence-electron chi connectivity index (χ3n) is 8.42. The second kappa shape index (κ2) is 19.5. The van der Waals surface area contributed by atoms with Crippen LogP contribution in [-0.2, 0) is 40.6 Å². The number of benzene rings is 2. The molecule has 0 unspecified atom stereocenters. The second-order valence-electron chi connectivity index (χ2n) is 14.5. The van der Waals surface area contributed by atoms with E-state index in [9.17, 15) is 28.8 Å². The highest BCUT2D eigenvalue weighted by molar-refractivity contribution is 5.97. The van der Waals surface area contributed by atoms with Crippen LogP contribution in [0, 0.1) is 11.8 Å². The molecule has 0 saturated carbocycles. The Morgan fingerprint density at radius 1 is 0.904 bits per heavy atom. The highest BCUT2D eigenvalue weighted by Gasteiger charge is 2.43. The van der Waals surface area contributed by atoms with E-state index in [-0.39, 0.29) is 37.7 Å². The summed E-state index contributed by atoms with van der Waals surface area (Å²) in [6, 6.07) is 13.4. The number of primary amides is 1. The van der Waals surface area contributed by atoms with Crippen molar-refractivity contribution >= 4 is 41.6 Å². The number of carbonyl (C=O) groups excluding carboxylic acids is 6. The van der Waals surface area contributed by atoms with Crippen molar-refractivity contribution in [1.82, 2.24) is 15.5 Å². The first kappa shape index (κ1) is 43.0. The van der Waals surface area contributed by atoms with E-state index in [1.165, 1.54) is 19.1 Å². The standard InChI is InChI=1S/C38H55N5O9/c1-24(2)30(42-35(48)52-37(3,4)5)29(44)22-26(14-13-21-40-34(39)47)32(45)41-28-19-17-25(18-20-28)23-51-36(49)43(8)31(33(46)50-9)38(6,7)27-15-11-10-12-16-27/h10-12,15-20,24,26,30-31H,13-14,21-23H2,1-9H3,(H,41,45)(H,42,48)(H3,39,40,47)/t26-,30+,31-/m1/s1. The van der Waals surface area contributed by atoms with Crippen molar-refractivity contribution in [2.75, 3.05) is 26.0 Å². The van der Waals surface area contributed by atoms with Gasteiger partial charge in [0.05, 0.1) is 13.2 Å². The van der Waals surface area contributed by atoms with Crippen LogP contribution >= 0.6 is 0 Å². The van der Waals surface area contributed by atoms with E-state index in [1.807, 2.05) is 44.2 Å². The zero-order valence-corrected chi connectivity index (χ0v) is 31.7. The van der Waals surface area contributed by atoms with E-state index in [0.29, 0.717) is 17.7 Å². The van der Waals surface area contributed by atoms with Crippen molar-refractivity contribution in [2.45, 2.75) is 97.4 Å². The normalized spacial score (nSPS) is 13.2. The number of hydrogen-bond donors (Lipinski definition) is 4. The number of Topliss-reactive ketones (excluding diaryl/α,β-unsaturated/α-hetero) is 1. The molecular weight excluding hydrogens is 670 g/mol. The van der Waals surface area contributed by atoms with Crippen LogP contribution < -0.4 is 21.7 Å². The van der Waals surface area contributed by atoms with Crippen molar-refractivity contribution in [3.05, 3.63) is 65.7 Å². The minimum absolute atomic E-state index is 0.109. The highest BCUT2D eigenvalue weighted by atomic mass is 16.6. The van der Waals surface area contributed by atoms with Gasteiger partial charge in [-0.2, -0.15) is 0 Å². The summed E-state index contributed by atoms with van der Waals surface area (Å²) < 4.78 is 15.9. The van der Waals surface area contributed by atoms with Crippen LogP contribution in [-0.4, -0.2) is 79.2 Å². The van der Waals surface area contributed by atoms with Gasteiger partial charge in [-0.05, 0) is 62.8 Å². The lowest BCUT2D eigenvalue weighted by Gasteiger charge is -2.38. The van der Waals surface area contributed by atoms with E-state index >= 15 is 0 Å². The Bertz CT molecular complexity index is 1520. The van der Waals surface area contributed by atoms with E-state index in [1.54, 1.807) is 58.9 Å². The van der Waals surface area contributed by atoms with E-state index in [4.69, 9.17) is 19.9 Å². The molecular formula is C38H55N5O9. The van der Waals surface area contributed by atoms with Gasteiger partial charge in [-0.15, -0.1) is 0 Å². The molecule has 2 aromatic rings. The smallest absolute Gasteiger partial charge is 0.410 e. The Kier molecular flexibility index (Phi) is 16.1. The van der Waals surface area contributed by atoms with E-state index < -0.39 is 59.1 Å². The Hall–Kier alpha value is -5.14. The van der Waals surface area contributed by atoms with Gasteiger partial charge in [0, 0.05) is 37.0 Å². The maximum Gasteiger partial charge on any atom is 0.410 e. The predicted molar refractivity (Wildman–Crippen MR) is 196 cm³/mol. The zero-order valence-electron chi connectivity index (χ0n) is 31.7. The van der Waals surface area contributed by atoms with Gasteiger partial charge in [-0.1, -0.05) is 70.2 Å². The number of amides is 5. The van der Waals surface area contributed by atoms with Crippen molar-refractivity contribution in [3.8, 4) is 0 Å². The molecule has 3 atom stereocenters. The second-order valence-corrected chi connectivity index (χ2v) is 14.5. The Balaban J connectivity index is 2.12. The van der Waals surface area contributed by atoms with Crippen molar-refractivity contribution in [2.24, 2.45) is 17.6 Å². The molecule has 286 valence electrons. The molecule has 0 bridgehead atoms. The lowest BCUT2D eigenvalue weighted by Crippen LogP contribution is -2.53. The summed E-state index contributed by atoms with van der Waals surface area (Å²) in [5.41, 5.74) is 5.51. The molecule has 0 aliphatic heterocycles. The summed E-state index contributed by atoms with van der Waals surface area (Å²) in [5, 5.41) is 7.94. The first-order chi connectivity index (χ1) is 24.3. The molecule has 0 heterocycles. The molecule has 52 heavy (non-hydrogen) atoms. The number of esters is 1. The Labute approximate surface area is 306 Å². The van der Waals surface area contributed by atoms with E-state index in [2.05, 4.69) is 16.0 Å². The number of nitrogens with one attached hydrogen (secondary N) is 3. The summed E-state index contributed by atoms with van der Waals surface area (Å²) in [4.78, 5) is 77.7. The van der Waals surface area contributed by atoms with Gasteiger partial charge >= 0.3 is 24.2 Å². The van der Waals surface area contributed by atoms with Crippen LogP contribution in [0.1, 0.15) is 78.9 Å². The topological polar surface area (TPSA) is 195 Å². The predicted octanol–water partition coefficient (Wildman–Crippen LogP) is 5.29. The van der Waals surface area contributed by atoms with Crippen LogP contribution in [0.5, 0.6) is 0 Å². The van der Waals surface area contributed by atoms with Crippen LogP contribution in [0.15, 0.2) is 54.6 Å². The number of anilines is 1. The molecule has 0 spiro atoms. The minimum atomic E-state index is -0.972. The first-order valence-corrected chi connectivity index (χ1v) is 17.2. The number of nitrogens with zero attached hydrogens (tertiary/aromatic N) is 1. The lowest BCUT2D eigenvalue weighted by atomic mass is 9.77. The molecule has 2 aromatic carbocycles. The van der Waals surface area contributed by atoms with E-state index in [0.717, 1.165) is 5.56 Å². The first-order valence-electron chi connectivity index (χ1n) is 17.2. The van der Waals surface area contributed by atoms with Gasteiger partial charge in [-0.3, -0.25) is 14.5 Å². The molecule has 0 radical (unpaired) electrons. The Morgan fingerprint density at radius 3 is 2.06 bits per heavy atom. The van der Waals surface area contributed by atoms with Gasteiger partial charge in [0.15, 0.2) is 5.78 Å². The fraction of sp³-hybridized carbons (Fsp3) is 0.526. The number of rotatable bonds is 17. The maximum atomic E-state index is 13.5. The number of ether oxygens (including phenoxy) is 3. The molecule has 5 N–H and O–H groups in total. The van der Waals surface area contributed by atoms with Crippen molar-refractivity contribution in [3.63, 3.8) is 0 Å². The monoisotopic (exact) mass is 725 g/mol. The number of ketones is 1. The summed E-state index contributed by atoms with van der Waals surface area (Å²) in [6.45, 7) is 12.5. The molecule has 0 aliphatic rings. The van der Waals surface area contributed by atoms with Gasteiger partial charge < -0.3 is 35.9 Å². The average molecular weight is 726 g/mol. The number of alkyl carbamates (subject to hydrolysis) is 1. The Morgan fingerprint density at radius 2 is 1.52 bits per heavy atom. The van der Waals surface area contributed by atoms with Crippen molar-refractivity contribution < 1.29 is 43.0 Å². The SMILES string of the molecule is COC(=O)[C@@H](N(C)C(=O)OCc1ccc(NC(=O)[C@H](CCCNC(N)=O)CC(=O)[C@@H](NC(=O)OC(C)(C)C)C(C)C)cc1)C(C)(C)c1ccccc1. The zero-order chi connectivity index (χ0) is 39.2. The molecule has 5 amide bonds. The quantitative estimate of drug-likeness (QED) is 0.0952. The van der Waals surface area contributed by atoms with Crippen LogP contribution in [0.3, 0.4) is 0 Å². The maximum absolute atomic E-state index is 13.5. The number of carbonyl (C=O) groups is 6. The molecule has 14 heteroatoms. The number of hydrogen-bond acceptors (Lipinski definition) is 9. The third-order valence-corrected chi connectivity index (χ3v) is 8.42. The molecule has 0 aromatic heterocycles. The lowest BCUT2D eigenvalue weighted by molar-refractivity contribution is -0.148. The average Bonchev–Trinajstić information content (AvgIpc) is 3.07. The highest BCUT2D eigenvalue weighted by Crippen LogP contribution is 2.31. The van der Waals surface area contributed by atoms with Crippen LogP contribution in [0.2, 0.25) is 0 Å². The van der Waals surface area contributed by atoms with Crippen LogP contribution in [0.25, 0.3) is 0 Å². The van der Waals surface area contributed by atoms with Gasteiger partial charge in [-0.25, -0.2) is 19.2 Å². The summed E-state index contributed by atoms with van der Waals surface area (Å²) >= 11 is 0. The fourth-order valence-corrected chi connectivity index (χ4v) is 5.66. The van der Waals surface area contributed by atoms with Gasteiger partial charge in [0.25, 0.3) is 0 Å².